The molecular formula is C15H14FNO4. The van der Waals surface area contributed by atoms with Crippen LogP contribution in [0.1, 0.15) is 24.2 Å². The van der Waals surface area contributed by atoms with Gasteiger partial charge < -0.3 is 9.84 Å². The maximum Gasteiger partial charge on any atom is 0.311 e. The number of nitro benzene ring substituents is 1. The first kappa shape index (κ1) is 14.9. The van der Waals surface area contributed by atoms with Crippen molar-refractivity contribution in [2.45, 2.75) is 20.0 Å². The summed E-state index contributed by atoms with van der Waals surface area (Å²) in [5, 5.41) is 20.7. The normalized spacial score (nSPS) is 12.0. The summed E-state index contributed by atoms with van der Waals surface area (Å²) in [6.45, 7) is 3.20. The number of ether oxygens (including phenoxy) is 1. The van der Waals surface area contributed by atoms with Crippen LogP contribution in [0.25, 0.3) is 0 Å². The van der Waals surface area contributed by atoms with Crippen LogP contribution in [0.5, 0.6) is 11.5 Å². The summed E-state index contributed by atoms with van der Waals surface area (Å²) in [4.78, 5) is 10.5. The van der Waals surface area contributed by atoms with E-state index in [1.165, 1.54) is 31.2 Å². The van der Waals surface area contributed by atoms with E-state index in [-0.39, 0.29) is 22.7 Å². The van der Waals surface area contributed by atoms with Gasteiger partial charge in [0.25, 0.3) is 0 Å². The summed E-state index contributed by atoms with van der Waals surface area (Å²) in [7, 11) is 0. The van der Waals surface area contributed by atoms with Crippen LogP contribution in [0.15, 0.2) is 36.4 Å². The van der Waals surface area contributed by atoms with Crippen molar-refractivity contribution in [3.63, 3.8) is 0 Å². The Balaban J connectivity index is 2.46. The van der Waals surface area contributed by atoms with Gasteiger partial charge in [-0.1, -0.05) is 6.07 Å². The van der Waals surface area contributed by atoms with Gasteiger partial charge in [0.15, 0.2) is 0 Å². The van der Waals surface area contributed by atoms with Crippen LogP contribution in [-0.2, 0) is 0 Å². The van der Waals surface area contributed by atoms with Crippen LogP contribution in [0, 0.1) is 22.9 Å². The Bertz CT molecular complexity index is 685. The van der Waals surface area contributed by atoms with Crippen LogP contribution < -0.4 is 4.74 Å². The smallest absolute Gasteiger partial charge is 0.311 e. The lowest BCUT2D eigenvalue weighted by Gasteiger charge is -2.13. The monoisotopic (exact) mass is 291 g/mol. The van der Waals surface area contributed by atoms with Gasteiger partial charge in [0, 0.05) is 11.6 Å². The van der Waals surface area contributed by atoms with Gasteiger partial charge >= 0.3 is 5.69 Å². The number of aliphatic hydroxyl groups excluding tert-OH is 1. The highest BCUT2D eigenvalue weighted by atomic mass is 19.1. The molecule has 5 nitrogen and oxygen atoms in total. The van der Waals surface area contributed by atoms with Crippen LogP contribution in [-0.4, -0.2) is 10.0 Å². The van der Waals surface area contributed by atoms with E-state index >= 15 is 0 Å². The van der Waals surface area contributed by atoms with E-state index in [1.807, 2.05) is 0 Å². The van der Waals surface area contributed by atoms with Crippen molar-refractivity contribution >= 4 is 5.69 Å². The second-order valence-corrected chi connectivity index (χ2v) is 4.69. The van der Waals surface area contributed by atoms with E-state index in [9.17, 15) is 19.6 Å². The van der Waals surface area contributed by atoms with Crippen molar-refractivity contribution in [1.82, 2.24) is 0 Å². The summed E-state index contributed by atoms with van der Waals surface area (Å²) in [6.07, 6.45) is -0.958. The molecule has 2 aromatic rings. The Labute approximate surface area is 120 Å². The van der Waals surface area contributed by atoms with E-state index in [1.54, 1.807) is 13.0 Å². The van der Waals surface area contributed by atoms with Gasteiger partial charge in [0.2, 0.25) is 5.75 Å². The lowest BCUT2D eigenvalue weighted by molar-refractivity contribution is -0.385. The molecule has 0 aliphatic heterocycles. The lowest BCUT2D eigenvalue weighted by Crippen LogP contribution is -1.99. The van der Waals surface area contributed by atoms with Gasteiger partial charge in [0.05, 0.1) is 11.0 Å². The molecule has 1 atom stereocenters. The molecule has 21 heavy (non-hydrogen) atoms. The summed E-state index contributed by atoms with van der Waals surface area (Å²) < 4.78 is 18.7. The summed E-state index contributed by atoms with van der Waals surface area (Å²) in [6, 6.07) is 8.18. The van der Waals surface area contributed by atoms with Gasteiger partial charge in [-0.2, -0.15) is 0 Å². The Morgan fingerprint density at radius 1 is 1.24 bits per heavy atom. The molecule has 0 amide bonds. The van der Waals surface area contributed by atoms with Crippen molar-refractivity contribution in [2.24, 2.45) is 0 Å². The third-order valence-electron chi connectivity index (χ3n) is 2.95. The molecule has 0 saturated carbocycles. The van der Waals surface area contributed by atoms with Crippen molar-refractivity contribution in [2.75, 3.05) is 0 Å². The molecular weight excluding hydrogens is 277 g/mol. The highest BCUT2D eigenvalue weighted by molar-refractivity contribution is 5.51. The zero-order chi connectivity index (χ0) is 15.6. The minimum absolute atomic E-state index is 0.0408. The first-order valence-corrected chi connectivity index (χ1v) is 6.29. The van der Waals surface area contributed by atoms with E-state index in [0.29, 0.717) is 0 Å². The molecule has 0 spiro atoms. The number of aliphatic hydroxyl groups is 1. The average molecular weight is 291 g/mol. The molecule has 0 fully saturated rings. The van der Waals surface area contributed by atoms with Crippen LogP contribution in [0.3, 0.4) is 0 Å². The number of rotatable bonds is 4. The Kier molecular flexibility index (Phi) is 4.18. The first-order valence-electron chi connectivity index (χ1n) is 6.29. The molecule has 0 aliphatic rings. The quantitative estimate of drug-likeness (QED) is 0.685. The van der Waals surface area contributed by atoms with Crippen LogP contribution in [0.4, 0.5) is 10.1 Å². The number of hydrogen-bond acceptors (Lipinski definition) is 4. The van der Waals surface area contributed by atoms with Gasteiger partial charge in [0.1, 0.15) is 11.6 Å². The van der Waals surface area contributed by atoms with Crippen molar-refractivity contribution in [3.05, 3.63) is 63.5 Å². The molecule has 6 heteroatoms. The predicted molar refractivity (Wildman–Crippen MR) is 74.9 cm³/mol. The maximum atomic E-state index is 13.2. The van der Waals surface area contributed by atoms with Crippen molar-refractivity contribution in [3.8, 4) is 11.5 Å². The van der Waals surface area contributed by atoms with Gasteiger partial charge in [-0.15, -0.1) is 0 Å². The number of nitro groups is 1. The van der Waals surface area contributed by atoms with Crippen molar-refractivity contribution in [1.29, 1.82) is 0 Å². The molecule has 0 heterocycles. The van der Waals surface area contributed by atoms with Gasteiger partial charge in [-0.05, 0) is 43.7 Å². The zero-order valence-electron chi connectivity index (χ0n) is 11.5. The summed E-state index contributed by atoms with van der Waals surface area (Å²) in [5.74, 6) is -0.297. The van der Waals surface area contributed by atoms with E-state index in [0.717, 1.165) is 11.6 Å². The summed E-state index contributed by atoms with van der Waals surface area (Å²) >= 11 is 0. The number of nitrogens with zero attached hydrogens (tertiary/aromatic N) is 1. The fraction of sp³-hybridized carbons (Fsp3) is 0.200. The molecule has 0 radical (unpaired) electrons. The maximum absolute atomic E-state index is 13.2. The van der Waals surface area contributed by atoms with E-state index < -0.39 is 16.8 Å². The lowest BCUT2D eigenvalue weighted by atomic mass is 10.1. The zero-order valence-corrected chi connectivity index (χ0v) is 11.5. The molecule has 2 rings (SSSR count). The van der Waals surface area contributed by atoms with Gasteiger partial charge in [-0.25, -0.2) is 4.39 Å². The summed E-state index contributed by atoms with van der Waals surface area (Å²) in [5.41, 5.74) is 0.768. The molecule has 0 aromatic heterocycles. The average Bonchev–Trinajstić information content (AvgIpc) is 2.42. The van der Waals surface area contributed by atoms with E-state index in [2.05, 4.69) is 0 Å². The van der Waals surface area contributed by atoms with Crippen LogP contribution in [0.2, 0.25) is 0 Å². The number of benzene rings is 2. The Morgan fingerprint density at radius 2 is 1.90 bits per heavy atom. The number of aryl methyl sites for hydroxylation is 1. The fourth-order valence-corrected chi connectivity index (χ4v) is 1.91. The third-order valence-corrected chi connectivity index (χ3v) is 2.95. The number of hydrogen-bond donors (Lipinski definition) is 1. The standard InChI is InChI=1S/C15H14FNO4/c1-9-3-5-15(13(7-9)17(19)20)21-14-6-4-11(16)8-12(14)10(2)18/h3-8,10,18H,1-2H3/t10-/m0/s1. The third kappa shape index (κ3) is 3.35. The second kappa shape index (κ2) is 5.88. The Hall–Kier alpha value is -2.47. The minimum Gasteiger partial charge on any atom is -0.450 e. The molecule has 110 valence electrons. The fourth-order valence-electron chi connectivity index (χ4n) is 1.91. The highest BCUT2D eigenvalue weighted by Crippen LogP contribution is 2.35. The SMILES string of the molecule is Cc1ccc(Oc2ccc(F)cc2[C@H](C)O)c([N+](=O)[O-])c1. The van der Waals surface area contributed by atoms with Crippen LogP contribution >= 0.6 is 0 Å². The van der Waals surface area contributed by atoms with Crippen molar-refractivity contribution < 1.29 is 19.2 Å². The second-order valence-electron chi connectivity index (χ2n) is 4.69. The van der Waals surface area contributed by atoms with E-state index in [4.69, 9.17) is 4.74 Å². The topological polar surface area (TPSA) is 72.6 Å². The molecule has 1 N–H and O–H groups in total. The molecule has 2 aromatic carbocycles. The molecule has 0 unspecified atom stereocenters. The molecule has 0 saturated heterocycles. The first-order chi connectivity index (χ1) is 9.88. The molecule has 0 aliphatic carbocycles. The number of halogens is 1. The predicted octanol–water partition coefficient (Wildman–Crippen LogP) is 3.89. The molecule has 0 bridgehead atoms. The Morgan fingerprint density at radius 3 is 2.52 bits per heavy atom. The van der Waals surface area contributed by atoms with Gasteiger partial charge in [-0.3, -0.25) is 10.1 Å². The largest absolute Gasteiger partial charge is 0.450 e. The minimum atomic E-state index is -0.958. The highest BCUT2D eigenvalue weighted by Gasteiger charge is 2.18.